The fraction of sp³-hybridized carbons (Fsp3) is 0.0909. The van der Waals surface area contributed by atoms with Crippen LogP contribution in [0.4, 0.5) is 0 Å². The van der Waals surface area contributed by atoms with E-state index in [2.05, 4.69) is 25.7 Å². The number of aryl methyl sites for hydroxylation is 1. The van der Waals surface area contributed by atoms with E-state index in [0.717, 1.165) is 16.9 Å². The minimum Gasteiger partial charge on any atom is -0.282 e. The van der Waals surface area contributed by atoms with Gasteiger partial charge in [-0.1, -0.05) is 18.2 Å². The molecule has 0 aliphatic heterocycles. The van der Waals surface area contributed by atoms with Crippen molar-refractivity contribution in [2.75, 3.05) is 0 Å². The van der Waals surface area contributed by atoms with E-state index in [1.165, 1.54) is 0 Å². The van der Waals surface area contributed by atoms with Crippen LogP contribution in [0.1, 0.15) is 5.69 Å². The maximum absolute atomic E-state index is 4.04. The van der Waals surface area contributed by atoms with Crippen molar-refractivity contribution in [1.82, 2.24) is 30.4 Å². The summed E-state index contributed by atoms with van der Waals surface area (Å²) >= 11 is 0. The van der Waals surface area contributed by atoms with Crippen LogP contribution >= 0.6 is 0 Å². The van der Waals surface area contributed by atoms with Crippen molar-refractivity contribution in [2.24, 2.45) is 0 Å². The first-order valence-corrected chi connectivity index (χ1v) is 5.20. The van der Waals surface area contributed by atoms with Crippen LogP contribution in [0.15, 0.2) is 36.5 Å². The van der Waals surface area contributed by atoms with Crippen molar-refractivity contribution in [2.45, 2.75) is 6.92 Å². The summed E-state index contributed by atoms with van der Waals surface area (Å²) in [6.07, 6.45) is 1.72. The second-order valence-corrected chi connectivity index (χ2v) is 3.66. The molecular formula is C11H10N6. The van der Waals surface area contributed by atoms with Crippen molar-refractivity contribution >= 4 is 0 Å². The maximum Gasteiger partial charge on any atom is 0.190 e. The van der Waals surface area contributed by atoms with Gasteiger partial charge in [-0.05, 0) is 29.5 Å². The van der Waals surface area contributed by atoms with E-state index in [9.17, 15) is 0 Å². The van der Waals surface area contributed by atoms with Crippen LogP contribution in [0, 0.1) is 6.92 Å². The average Bonchev–Trinajstić information content (AvgIpc) is 2.98. The quantitative estimate of drug-likeness (QED) is 0.716. The van der Waals surface area contributed by atoms with Gasteiger partial charge >= 0.3 is 0 Å². The van der Waals surface area contributed by atoms with Crippen molar-refractivity contribution in [3.8, 4) is 17.1 Å². The number of para-hydroxylation sites is 1. The molecule has 0 bridgehead atoms. The highest BCUT2D eigenvalue weighted by atomic mass is 15.5. The third-order valence-electron chi connectivity index (χ3n) is 2.54. The summed E-state index contributed by atoms with van der Waals surface area (Å²) in [5, 5.41) is 18.6. The van der Waals surface area contributed by atoms with Gasteiger partial charge < -0.3 is 0 Å². The predicted octanol–water partition coefficient (Wildman–Crippen LogP) is 1.36. The Kier molecular flexibility index (Phi) is 2.18. The summed E-state index contributed by atoms with van der Waals surface area (Å²) in [6, 6.07) is 9.76. The average molecular weight is 226 g/mol. The molecule has 6 heteroatoms. The Bertz CT molecular complexity index is 624. The Morgan fingerprint density at radius 1 is 1.18 bits per heavy atom. The Morgan fingerprint density at radius 2 is 2.00 bits per heavy atom. The molecule has 0 fully saturated rings. The topological polar surface area (TPSA) is 72.3 Å². The number of aromatic nitrogens is 6. The molecule has 3 rings (SSSR count). The number of hydrogen-bond donors (Lipinski definition) is 1. The van der Waals surface area contributed by atoms with Crippen LogP contribution < -0.4 is 0 Å². The van der Waals surface area contributed by atoms with Gasteiger partial charge in [-0.15, -0.1) is 5.10 Å². The molecule has 1 aromatic carbocycles. The van der Waals surface area contributed by atoms with E-state index >= 15 is 0 Å². The van der Waals surface area contributed by atoms with Gasteiger partial charge in [-0.25, -0.2) is 0 Å². The van der Waals surface area contributed by atoms with Crippen LogP contribution in [0.25, 0.3) is 17.1 Å². The zero-order valence-electron chi connectivity index (χ0n) is 9.20. The Hall–Kier alpha value is -2.50. The smallest absolute Gasteiger partial charge is 0.190 e. The van der Waals surface area contributed by atoms with Gasteiger partial charge in [0.25, 0.3) is 0 Å². The number of hydrogen-bond acceptors (Lipinski definition) is 4. The fourth-order valence-electron chi connectivity index (χ4n) is 1.67. The molecule has 84 valence electrons. The fourth-order valence-corrected chi connectivity index (χ4v) is 1.67. The molecule has 0 unspecified atom stereocenters. The van der Waals surface area contributed by atoms with Crippen molar-refractivity contribution in [3.05, 3.63) is 42.2 Å². The highest BCUT2D eigenvalue weighted by molar-refractivity contribution is 5.58. The van der Waals surface area contributed by atoms with E-state index in [1.54, 1.807) is 10.9 Å². The third kappa shape index (κ3) is 1.59. The summed E-state index contributed by atoms with van der Waals surface area (Å²) < 4.78 is 1.69. The lowest BCUT2D eigenvalue weighted by molar-refractivity contribution is 0.791. The predicted molar refractivity (Wildman–Crippen MR) is 61.5 cm³/mol. The van der Waals surface area contributed by atoms with Crippen LogP contribution in [0.3, 0.4) is 0 Å². The van der Waals surface area contributed by atoms with Gasteiger partial charge in [0.15, 0.2) is 5.82 Å². The Balaban J connectivity index is 2.16. The van der Waals surface area contributed by atoms with Gasteiger partial charge in [-0.3, -0.25) is 5.10 Å². The number of rotatable bonds is 2. The normalized spacial score (nSPS) is 10.6. The molecule has 1 N–H and O–H groups in total. The molecule has 2 aromatic heterocycles. The van der Waals surface area contributed by atoms with Gasteiger partial charge in [0, 0.05) is 5.69 Å². The van der Waals surface area contributed by atoms with Crippen LogP contribution in [0.2, 0.25) is 0 Å². The second kappa shape index (κ2) is 3.82. The highest BCUT2D eigenvalue weighted by Crippen LogP contribution is 2.20. The standard InChI is InChI=1S/C11H10N6/c1-8-10(7-12-13-8)11-14-15-16-17(11)9-5-3-2-4-6-9/h2-7H,1H3,(H,12,13). The second-order valence-electron chi connectivity index (χ2n) is 3.66. The molecule has 0 saturated carbocycles. The lowest BCUT2D eigenvalue weighted by Gasteiger charge is -2.02. The molecule has 0 saturated heterocycles. The first-order chi connectivity index (χ1) is 8.36. The Labute approximate surface area is 97.3 Å². The minimum absolute atomic E-state index is 0.683. The van der Waals surface area contributed by atoms with Crippen LogP contribution in [-0.2, 0) is 0 Å². The summed E-state index contributed by atoms with van der Waals surface area (Å²) in [5.74, 6) is 0.683. The summed E-state index contributed by atoms with van der Waals surface area (Å²) in [5.41, 5.74) is 2.77. The number of benzene rings is 1. The number of nitrogens with zero attached hydrogens (tertiary/aromatic N) is 5. The van der Waals surface area contributed by atoms with E-state index in [1.807, 2.05) is 37.3 Å². The third-order valence-corrected chi connectivity index (χ3v) is 2.54. The first kappa shape index (κ1) is 9.71. The van der Waals surface area contributed by atoms with Crippen molar-refractivity contribution < 1.29 is 0 Å². The molecule has 3 aromatic rings. The van der Waals surface area contributed by atoms with Crippen molar-refractivity contribution in [1.29, 1.82) is 0 Å². The summed E-state index contributed by atoms with van der Waals surface area (Å²) in [6.45, 7) is 1.94. The molecule has 0 atom stereocenters. The van der Waals surface area contributed by atoms with Gasteiger partial charge in [0.05, 0.1) is 17.4 Å². The molecule has 0 aliphatic rings. The molecule has 0 radical (unpaired) electrons. The molecule has 2 heterocycles. The Morgan fingerprint density at radius 3 is 2.71 bits per heavy atom. The summed E-state index contributed by atoms with van der Waals surface area (Å²) in [4.78, 5) is 0. The van der Waals surface area contributed by atoms with E-state index in [-0.39, 0.29) is 0 Å². The number of nitrogens with one attached hydrogen (secondary N) is 1. The first-order valence-electron chi connectivity index (χ1n) is 5.20. The van der Waals surface area contributed by atoms with Crippen LogP contribution in [-0.4, -0.2) is 30.4 Å². The lowest BCUT2D eigenvalue weighted by Crippen LogP contribution is -1.99. The van der Waals surface area contributed by atoms with E-state index in [4.69, 9.17) is 0 Å². The van der Waals surface area contributed by atoms with Gasteiger partial charge in [0.1, 0.15) is 0 Å². The summed E-state index contributed by atoms with van der Waals surface area (Å²) in [7, 11) is 0. The number of H-pyrrole nitrogens is 1. The van der Waals surface area contributed by atoms with Crippen LogP contribution in [0.5, 0.6) is 0 Å². The number of aromatic amines is 1. The SMILES string of the molecule is Cc1[nH]ncc1-c1nnnn1-c1ccccc1. The zero-order valence-corrected chi connectivity index (χ0v) is 9.20. The van der Waals surface area contributed by atoms with E-state index in [0.29, 0.717) is 5.82 Å². The highest BCUT2D eigenvalue weighted by Gasteiger charge is 2.13. The minimum atomic E-state index is 0.683. The molecule has 0 spiro atoms. The lowest BCUT2D eigenvalue weighted by atomic mass is 10.2. The van der Waals surface area contributed by atoms with Gasteiger partial charge in [0.2, 0.25) is 0 Å². The monoisotopic (exact) mass is 226 g/mol. The number of tetrazole rings is 1. The van der Waals surface area contributed by atoms with E-state index < -0.39 is 0 Å². The largest absolute Gasteiger partial charge is 0.282 e. The molecule has 0 amide bonds. The van der Waals surface area contributed by atoms with Crippen molar-refractivity contribution in [3.63, 3.8) is 0 Å². The van der Waals surface area contributed by atoms with Gasteiger partial charge in [-0.2, -0.15) is 9.78 Å². The molecule has 17 heavy (non-hydrogen) atoms. The maximum atomic E-state index is 4.04. The zero-order chi connectivity index (χ0) is 11.7. The molecule has 6 nitrogen and oxygen atoms in total. The molecule has 0 aliphatic carbocycles. The molecular weight excluding hydrogens is 216 g/mol.